The van der Waals surface area contributed by atoms with Crippen LogP contribution in [0.1, 0.15) is 42.5 Å². The number of carbonyl (C=O) groups excluding carboxylic acids is 1. The predicted octanol–water partition coefficient (Wildman–Crippen LogP) is 2.29. The molecule has 0 saturated carbocycles. The van der Waals surface area contributed by atoms with Crippen molar-refractivity contribution < 1.29 is 9.53 Å². The zero-order valence-electron chi connectivity index (χ0n) is 14.2. The molecule has 1 aromatic heterocycles. The van der Waals surface area contributed by atoms with Crippen molar-refractivity contribution in [3.05, 3.63) is 53.3 Å². The van der Waals surface area contributed by atoms with Crippen LogP contribution >= 0.6 is 0 Å². The van der Waals surface area contributed by atoms with Gasteiger partial charge in [0.15, 0.2) is 0 Å². The Hall–Kier alpha value is -2.65. The van der Waals surface area contributed by atoms with Crippen LogP contribution < -0.4 is 5.32 Å². The lowest BCUT2D eigenvalue weighted by atomic mass is 9.99. The van der Waals surface area contributed by atoms with Crippen LogP contribution in [0.25, 0.3) is 0 Å². The fourth-order valence-corrected chi connectivity index (χ4v) is 2.45. The van der Waals surface area contributed by atoms with Crippen LogP contribution in [-0.2, 0) is 16.6 Å². The standard InChI is InChI=1S/C18H22N4O2/c1-4-24-18(23)17(16-11-21-22(3)12-16)20-10-13(2)15-7-5-14(9-19)6-8-15/h5-8,11-13,17,20H,4,10H2,1-3H3/t13-,17+/m1/s1. The normalized spacial score (nSPS) is 13.1. The third kappa shape index (κ3) is 4.43. The molecule has 0 radical (unpaired) electrons. The molecule has 0 spiro atoms. The van der Waals surface area contributed by atoms with Crippen molar-refractivity contribution in [1.29, 1.82) is 5.26 Å². The minimum Gasteiger partial charge on any atom is -0.465 e. The predicted molar refractivity (Wildman–Crippen MR) is 90.2 cm³/mol. The molecule has 1 N–H and O–H groups in total. The lowest BCUT2D eigenvalue weighted by molar-refractivity contribution is -0.145. The third-order valence-corrected chi connectivity index (χ3v) is 3.82. The first kappa shape index (κ1) is 17.7. The van der Waals surface area contributed by atoms with Crippen LogP contribution in [0.15, 0.2) is 36.7 Å². The number of esters is 1. The second-order valence-electron chi connectivity index (χ2n) is 5.68. The van der Waals surface area contributed by atoms with Gasteiger partial charge in [-0.15, -0.1) is 0 Å². The first-order valence-electron chi connectivity index (χ1n) is 7.93. The summed E-state index contributed by atoms with van der Waals surface area (Å²) in [5.74, 6) is -0.121. The monoisotopic (exact) mass is 326 g/mol. The van der Waals surface area contributed by atoms with Crippen LogP contribution in [-0.4, -0.2) is 28.9 Å². The second kappa shape index (κ2) is 8.27. The highest BCUT2D eigenvalue weighted by Crippen LogP contribution is 2.18. The SMILES string of the molecule is CCOC(=O)[C@@H](NC[C@@H](C)c1ccc(C#N)cc1)c1cnn(C)c1. The summed E-state index contributed by atoms with van der Waals surface area (Å²) in [6.07, 6.45) is 3.47. The van der Waals surface area contributed by atoms with Crippen LogP contribution in [0.4, 0.5) is 0 Å². The summed E-state index contributed by atoms with van der Waals surface area (Å²) in [5.41, 5.74) is 2.52. The van der Waals surface area contributed by atoms with Gasteiger partial charge in [0.2, 0.25) is 0 Å². The van der Waals surface area contributed by atoms with Gasteiger partial charge in [0.1, 0.15) is 6.04 Å². The summed E-state index contributed by atoms with van der Waals surface area (Å²) in [5, 5.41) is 16.3. The van der Waals surface area contributed by atoms with E-state index in [-0.39, 0.29) is 11.9 Å². The van der Waals surface area contributed by atoms with Gasteiger partial charge in [-0.3, -0.25) is 4.68 Å². The van der Waals surface area contributed by atoms with Crippen LogP contribution in [0, 0.1) is 11.3 Å². The van der Waals surface area contributed by atoms with Gasteiger partial charge < -0.3 is 10.1 Å². The van der Waals surface area contributed by atoms with Crippen LogP contribution in [0.5, 0.6) is 0 Å². The van der Waals surface area contributed by atoms with Gasteiger partial charge in [0, 0.05) is 25.4 Å². The fourth-order valence-electron chi connectivity index (χ4n) is 2.45. The molecule has 0 aliphatic rings. The minimum atomic E-state index is -0.542. The number of nitriles is 1. The molecule has 6 heteroatoms. The molecule has 0 bridgehead atoms. The van der Waals surface area contributed by atoms with Crippen molar-refractivity contribution in [3.8, 4) is 6.07 Å². The van der Waals surface area contributed by atoms with Crippen molar-refractivity contribution in [2.75, 3.05) is 13.2 Å². The number of nitrogens with one attached hydrogen (secondary N) is 1. The molecule has 0 unspecified atom stereocenters. The smallest absolute Gasteiger partial charge is 0.327 e. The van der Waals surface area contributed by atoms with Gasteiger partial charge in [-0.05, 0) is 30.5 Å². The van der Waals surface area contributed by atoms with Crippen LogP contribution in [0.3, 0.4) is 0 Å². The lowest BCUT2D eigenvalue weighted by Gasteiger charge is -2.19. The molecule has 0 fully saturated rings. The van der Waals surface area contributed by atoms with Gasteiger partial charge in [0.05, 0.1) is 24.4 Å². The molecule has 0 saturated heterocycles. The second-order valence-corrected chi connectivity index (χ2v) is 5.68. The Bertz CT molecular complexity index is 715. The first-order valence-corrected chi connectivity index (χ1v) is 7.93. The van der Waals surface area contributed by atoms with Gasteiger partial charge in [-0.1, -0.05) is 19.1 Å². The van der Waals surface area contributed by atoms with Crippen molar-refractivity contribution >= 4 is 5.97 Å². The topological polar surface area (TPSA) is 79.9 Å². The number of hydrogen-bond acceptors (Lipinski definition) is 5. The zero-order chi connectivity index (χ0) is 17.5. The van der Waals surface area contributed by atoms with Gasteiger partial charge in [-0.25, -0.2) is 4.79 Å². The molecule has 0 amide bonds. The van der Waals surface area contributed by atoms with Crippen LogP contribution in [0.2, 0.25) is 0 Å². The lowest BCUT2D eigenvalue weighted by Crippen LogP contribution is -2.32. The quantitative estimate of drug-likeness (QED) is 0.790. The van der Waals surface area contributed by atoms with Gasteiger partial charge >= 0.3 is 5.97 Å². The maximum atomic E-state index is 12.2. The Morgan fingerprint density at radius 1 is 1.38 bits per heavy atom. The van der Waals surface area contributed by atoms with E-state index in [9.17, 15) is 4.79 Å². The number of nitrogens with zero attached hydrogens (tertiary/aromatic N) is 3. The van der Waals surface area contributed by atoms with E-state index in [2.05, 4.69) is 23.4 Å². The molecule has 2 atom stereocenters. The molecule has 0 aliphatic carbocycles. The molecule has 0 aliphatic heterocycles. The number of ether oxygens (including phenoxy) is 1. The summed E-state index contributed by atoms with van der Waals surface area (Å²) < 4.78 is 6.82. The van der Waals surface area contributed by atoms with E-state index < -0.39 is 6.04 Å². The Balaban J connectivity index is 2.06. The average molecular weight is 326 g/mol. The summed E-state index contributed by atoms with van der Waals surface area (Å²) in [4.78, 5) is 12.2. The van der Waals surface area contributed by atoms with Gasteiger partial charge in [0.25, 0.3) is 0 Å². The molecule has 1 aromatic carbocycles. The molecule has 1 heterocycles. The number of rotatable bonds is 7. The van der Waals surface area contributed by atoms with E-state index in [0.29, 0.717) is 18.7 Å². The van der Waals surface area contributed by atoms with Crippen molar-refractivity contribution in [2.24, 2.45) is 7.05 Å². The number of benzene rings is 1. The largest absolute Gasteiger partial charge is 0.465 e. The molecule has 6 nitrogen and oxygen atoms in total. The molecule has 126 valence electrons. The third-order valence-electron chi connectivity index (χ3n) is 3.82. The highest BCUT2D eigenvalue weighted by atomic mass is 16.5. The average Bonchev–Trinajstić information content (AvgIpc) is 3.01. The Morgan fingerprint density at radius 3 is 2.62 bits per heavy atom. The van der Waals surface area contributed by atoms with E-state index in [0.717, 1.165) is 11.1 Å². The molecule has 2 aromatic rings. The fraction of sp³-hybridized carbons (Fsp3) is 0.389. The molecular formula is C18H22N4O2. The minimum absolute atomic E-state index is 0.186. The molecular weight excluding hydrogens is 304 g/mol. The summed E-state index contributed by atoms with van der Waals surface area (Å²) in [6, 6.07) is 9.05. The maximum Gasteiger partial charge on any atom is 0.327 e. The maximum absolute atomic E-state index is 12.2. The van der Waals surface area contributed by atoms with Crippen molar-refractivity contribution in [2.45, 2.75) is 25.8 Å². The van der Waals surface area contributed by atoms with E-state index >= 15 is 0 Å². The van der Waals surface area contributed by atoms with E-state index in [1.807, 2.05) is 19.2 Å². The Morgan fingerprint density at radius 2 is 2.08 bits per heavy atom. The Kier molecular flexibility index (Phi) is 6.10. The van der Waals surface area contributed by atoms with Crippen molar-refractivity contribution in [3.63, 3.8) is 0 Å². The summed E-state index contributed by atoms with van der Waals surface area (Å²) in [6.45, 7) is 4.80. The highest BCUT2D eigenvalue weighted by Gasteiger charge is 2.23. The van der Waals surface area contributed by atoms with E-state index in [1.165, 1.54) is 0 Å². The van der Waals surface area contributed by atoms with E-state index in [4.69, 9.17) is 10.00 Å². The Labute approximate surface area is 142 Å². The van der Waals surface area contributed by atoms with Crippen molar-refractivity contribution in [1.82, 2.24) is 15.1 Å². The van der Waals surface area contributed by atoms with E-state index in [1.54, 1.807) is 36.1 Å². The summed E-state index contributed by atoms with van der Waals surface area (Å²) >= 11 is 0. The van der Waals surface area contributed by atoms with Gasteiger partial charge in [-0.2, -0.15) is 10.4 Å². The number of aryl methyl sites for hydroxylation is 1. The molecule has 2 rings (SSSR count). The summed E-state index contributed by atoms with van der Waals surface area (Å²) in [7, 11) is 1.81. The number of carbonyl (C=O) groups is 1. The zero-order valence-corrected chi connectivity index (χ0v) is 14.2. The number of aromatic nitrogens is 2. The highest BCUT2D eigenvalue weighted by molar-refractivity contribution is 5.77. The molecule has 24 heavy (non-hydrogen) atoms. The first-order chi connectivity index (χ1) is 11.5. The number of hydrogen-bond donors (Lipinski definition) is 1.